The Morgan fingerprint density at radius 2 is 1.59 bits per heavy atom. The fourth-order valence-electron chi connectivity index (χ4n) is 4.17. The average Bonchev–Trinajstić information content (AvgIpc) is 3.24. The molecule has 4 rings (SSSR count). The molecule has 29 heavy (non-hydrogen) atoms. The predicted molar refractivity (Wildman–Crippen MR) is 115 cm³/mol. The van der Waals surface area contributed by atoms with E-state index < -0.39 is 0 Å². The third kappa shape index (κ3) is 4.55. The average molecular weight is 459 g/mol. The van der Waals surface area contributed by atoms with Crippen LogP contribution in [0, 0.1) is 11.8 Å². The summed E-state index contributed by atoms with van der Waals surface area (Å²) in [6.07, 6.45) is 7.10. The number of carbonyl (C=O) groups excluding carboxylic acids is 2. The summed E-state index contributed by atoms with van der Waals surface area (Å²) in [5.74, 6) is 1.05. The van der Waals surface area contributed by atoms with E-state index in [4.69, 9.17) is 0 Å². The number of amides is 2. The molecule has 0 radical (unpaired) electrons. The summed E-state index contributed by atoms with van der Waals surface area (Å²) >= 11 is 3.42. The molecule has 154 valence electrons. The largest absolute Gasteiger partial charge is 0.342 e. The van der Waals surface area contributed by atoms with Crippen LogP contribution in [0.4, 0.5) is 0 Å². The lowest BCUT2D eigenvalue weighted by Gasteiger charge is -2.36. The lowest BCUT2D eigenvalue weighted by Crippen LogP contribution is -2.46. The second-order valence-corrected chi connectivity index (χ2v) is 9.14. The van der Waals surface area contributed by atoms with E-state index in [-0.39, 0.29) is 17.7 Å². The van der Waals surface area contributed by atoms with Crippen molar-refractivity contribution < 1.29 is 9.59 Å². The normalized spacial score (nSPS) is 18.8. The van der Waals surface area contributed by atoms with Gasteiger partial charge in [-0.05, 0) is 55.9 Å². The highest BCUT2D eigenvalue weighted by Gasteiger charge is 2.32. The third-order valence-electron chi connectivity index (χ3n) is 6.15. The second-order valence-electron chi connectivity index (χ2n) is 8.22. The molecule has 2 amide bonds. The molecular weight excluding hydrogens is 432 g/mol. The van der Waals surface area contributed by atoms with Crippen molar-refractivity contribution in [1.29, 1.82) is 0 Å². The zero-order valence-electron chi connectivity index (χ0n) is 16.8. The summed E-state index contributed by atoms with van der Waals surface area (Å²) in [6.45, 7) is 5.28. The molecule has 2 aliphatic rings. The van der Waals surface area contributed by atoms with Crippen LogP contribution in [-0.4, -0.2) is 57.6 Å². The molecule has 1 aromatic carbocycles. The first kappa shape index (κ1) is 20.1. The van der Waals surface area contributed by atoms with Crippen molar-refractivity contribution in [1.82, 2.24) is 19.6 Å². The molecule has 2 aliphatic heterocycles. The monoisotopic (exact) mass is 458 g/mol. The Kier molecular flexibility index (Phi) is 6.04. The predicted octanol–water partition coefficient (Wildman–Crippen LogP) is 3.75. The van der Waals surface area contributed by atoms with Crippen LogP contribution in [0.15, 0.2) is 41.1 Å². The maximum atomic E-state index is 12.9. The first-order chi connectivity index (χ1) is 14.0. The molecule has 0 bridgehead atoms. The lowest BCUT2D eigenvalue weighted by molar-refractivity contribution is -0.138. The van der Waals surface area contributed by atoms with Crippen molar-refractivity contribution in [3.8, 4) is 5.69 Å². The summed E-state index contributed by atoms with van der Waals surface area (Å²) in [6, 6.07) is 7.79. The summed E-state index contributed by atoms with van der Waals surface area (Å²) in [5.41, 5.74) is 1.50. The van der Waals surface area contributed by atoms with E-state index in [1.807, 2.05) is 34.1 Å². The van der Waals surface area contributed by atoms with E-state index in [9.17, 15) is 9.59 Å². The highest BCUT2D eigenvalue weighted by Crippen LogP contribution is 2.24. The summed E-state index contributed by atoms with van der Waals surface area (Å²) in [7, 11) is 0. The van der Waals surface area contributed by atoms with E-state index in [1.165, 1.54) is 0 Å². The number of likely N-dealkylation sites (tertiary alicyclic amines) is 2. The Labute approximate surface area is 180 Å². The van der Waals surface area contributed by atoms with Crippen molar-refractivity contribution in [2.45, 2.75) is 32.6 Å². The van der Waals surface area contributed by atoms with Gasteiger partial charge in [-0.3, -0.25) is 9.59 Å². The lowest BCUT2D eigenvalue weighted by atomic mass is 9.92. The van der Waals surface area contributed by atoms with Gasteiger partial charge in [0.05, 0.1) is 17.4 Å². The Hall–Kier alpha value is -2.15. The highest BCUT2D eigenvalue weighted by molar-refractivity contribution is 9.10. The van der Waals surface area contributed by atoms with Crippen LogP contribution in [0.2, 0.25) is 0 Å². The van der Waals surface area contributed by atoms with Gasteiger partial charge < -0.3 is 9.80 Å². The van der Waals surface area contributed by atoms with Crippen molar-refractivity contribution >= 4 is 27.7 Å². The molecule has 0 unspecified atom stereocenters. The van der Waals surface area contributed by atoms with Crippen LogP contribution < -0.4 is 0 Å². The number of halogens is 1. The van der Waals surface area contributed by atoms with Gasteiger partial charge >= 0.3 is 0 Å². The van der Waals surface area contributed by atoms with Gasteiger partial charge in [0.1, 0.15) is 0 Å². The van der Waals surface area contributed by atoms with Crippen molar-refractivity contribution in [2.75, 3.05) is 26.2 Å². The first-order valence-corrected chi connectivity index (χ1v) is 11.2. The van der Waals surface area contributed by atoms with Crippen molar-refractivity contribution in [2.24, 2.45) is 11.8 Å². The number of rotatable bonds is 3. The molecule has 6 nitrogen and oxygen atoms in total. The molecule has 3 heterocycles. The van der Waals surface area contributed by atoms with E-state index in [0.29, 0.717) is 18.7 Å². The number of piperidine rings is 2. The van der Waals surface area contributed by atoms with E-state index in [1.54, 1.807) is 17.1 Å². The van der Waals surface area contributed by atoms with Crippen LogP contribution in [0.1, 0.15) is 43.0 Å². The fraction of sp³-hybridized carbons (Fsp3) is 0.500. The molecule has 2 fully saturated rings. The van der Waals surface area contributed by atoms with Gasteiger partial charge in [0.2, 0.25) is 5.91 Å². The van der Waals surface area contributed by atoms with Gasteiger partial charge in [-0.1, -0.05) is 22.9 Å². The van der Waals surface area contributed by atoms with Gasteiger partial charge in [-0.15, -0.1) is 0 Å². The minimum Gasteiger partial charge on any atom is -0.342 e. The molecule has 0 saturated carbocycles. The summed E-state index contributed by atoms with van der Waals surface area (Å²) in [4.78, 5) is 29.6. The highest BCUT2D eigenvalue weighted by atomic mass is 79.9. The van der Waals surface area contributed by atoms with Crippen molar-refractivity contribution in [3.05, 3.63) is 46.7 Å². The Morgan fingerprint density at radius 3 is 2.24 bits per heavy atom. The molecule has 0 atom stereocenters. The van der Waals surface area contributed by atoms with E-state index in [0.717, 1.165) is 54.9 Å². The number of aromatic nitrogens is 2. The fourth-order valence-corrected chi connectivity index (χ4v) is 4.43. The molecule has 2 aromatic rings. The number of nitrogens with zero attached hydrogens (tertiary/aromatic N) is 4. The summed E-state index contributed by atoms with van der Waals surface area (Å²) in [5, 5.41) is 4.34. The maximum absolute atomic E-state index is 12.9. The van der Waals surface area contributed by atoms with Crippen LogP contribution in [-0.2, 0) is 4.79 Å². The van der Waals surface area contributed by atoms with Gasteiger partial charge in [0.15, 0.2) is 0 Å². The topological polar surface area (TPSA) is 58.4 Å². The van der Waals surface area contributed by atoms with Gasteiger partial charge in [-0.2, -0.15) is 5.10 Å². The zero-order valence-corrected chi connectivity index (χ0v) is 18.3. The van der Waals surface area contributed by atoms with Gasteiger partial charge in [0.25, 0.3) is 5.91 Å². The molecule has 2 saturated heterocycles. The molecule has 0 aliphatic carbocycles. The molecule has 1 aromatic heterocycles. The smallest absolute Gasteiger partial charge is 0.257 e. The van der Waals surface area contributed by atoms with E-state index >= 15 is 0 Å². The quantitative estimate of drug-likeness (QED) is 0.703. The Bertz CT molecular complexity index is 863. The molecule has 7 heteroatoms. The second kappa shape index (κ2) is 8.69. The van der Waals surface area contributed by atoms with Crippen LogP contribution >= 0.6 is 15.9 Å². The number of hydrogen-bond acceptors (Lipinski definition) is 3. The first-order valence-electron chi connectivity index (χ1n) is 10.4. The minimum atomic E-state index is -0.00828. The number of benzene rings is 1. The van der Waals surface area contributed by atoms with Gasteiger partial charge in [-0.25, -0.2) is 4.68 Å². The standard InChI is InChI=1S/C22H27BrN4O2/c1-16-6-10-25(11-7-16)21(28)17-8-12-26(13-9-17)22(29)18-14-24-27(15-18)20-4-2-19(23)3-5-20/h2-5,14-17H,6-13H2,1H3. The Balaban J connectivity index is 1.33. The van der Waals surface area contributed by atoms with Crippen LogP contribution in [0.3, 0.4) is 0 Å². The van der Waals surface area contributed by atoms with E-state index in [2.05, 4.69) is 28.0 Å². The minimum absolute atomic E-state index is 0.00828. The summed E-state index contributed by atoms with van der Waals surface area (Å²) < 4.78 is 2.72. The van der Waals surface area contributed by atoms with Crippen molar-refractivity contribution in [3.63, 3.8) is 0 Å². The number of carbonyl (C=O) groups is 2. The molecular formula is C22H27BrN4O2. The molecule has 0 N–H and O–H groups in total. The van der Waals surface area contributed by atoms with Crippen LogP contribution in [0.5, 0.6) is 0 Å². The Morgan fingerprint density at radius 1 is 0.966 bits per heavy atom. The SMILES string of the molecule is CC1CCN(C(=O)C2CCN(C(=O)c3cnn(-c4ccc(Br)cc4)c3)CC2)CC1. The number of hydrogen-bond donors (Lipinski definition) is 0. The third-order valence-corrected chi connectivity index (χ3v) is 6.68. The van der Waals surface area contributed by atoms with Crippen LogP contribution in [0.25, 0.3) is 5.69 Å². The molecule has 0 spiro atoms. The maximum Gasteiger partial charge on any atom is 0.257 e. The van der Waals surface area contributed by atoms with Gasteiger partial charge in [0, 0.05) is 42.8 Å². The zero-order chi connectivity index (χ0) is 20.4.